The van der Waals surface area contributed by atoms with E-state index in [0.717, 1.165) is 10.9 Å². The quantitative estimate of drug-likeness (QED) is 0.604. The molecule has 3 N–H and O–H groups in total. The maximum atomic E-state index is 11.9. The molecule has 0 saturated heterocycles. The molecule has 5 heteroatoms. The van der Waals surface area contributed by atoms with Crippen LogP contribution in [0.5, 0.6) is 0 Å². The highest BCUT2D eigenvalue weighted by Gasteiger charge is 2.09. The number of nitrogens with two attached hydrogens (primary N) is 1. The van der Waals surface area contributed by atoms with Crippen LogP contribution in [0.4, 0.5) is 0 Å². The maximum absolute atomic E-state index is 11.9. The second-order valence-corrected chi connectivity index (χ2v) is 3.50. The molecule has 1 heterocycles. The SMILES string of the molecule is NOCCNC(=O)c1ccnc2ccccc12. The molecule has 0 spiro atoms. The molecule has 0 saturated carbocycles. The number of rotatable bonds is 4. The predicted molar refractivity (Wildman–Crippen MR) is 64.2 cm³/mol. The van der Waals surface area contributed by atoms with Crippen molar-refractivity contribution in [1.29, 1.82) is 0 Å². The lowest BCUT2D eigenvalue weighted by Crippen LogP contribution is -2.28. The van der Waals surface area contributed by atoms with Crippen LogP contribution in [0, 0.1) is 0 Å². The number of aromatic nitrogens is 1. The van der Waals surface area contributed by atoms with Gasteiger partial charge in [0, 0.05) is 18.1 Å². The van der Waals surface area contributed by atoms with E-state index in [1.54, 1.807) is 12.3 Å². The summed E-state index contributed by atoms with van der Waals surface area (Å²) in [6, 6.07) is 9.20. The first-order valence-electron chi connectivity index (χ1n) is 5.26. The molecule has 1 aromatic carbocycles. The van der Waals surface area contributed by atoms with Gasteiger partial charge >= 0.3 is 0 Å². The van der Waals surface area contributed by atoms with Gasteiger partial charge in [0.2, 0.25) is 0 Å². The first-order valence-corrected chi connectivity index (χ1v) is 5.26. The van der Waals surface area contributed by atoms with Crippen molar-refractivity contribution in [3.8, 4) is 0 Å². The summed E-state index contributed by atoms with van der Waals surface area (Å²) in [4.78, 5) is 20.5. The number of amides is 1. The van der Waals surface area contributed by atoms with Gasteiger partial charge in [0.05, 0.1) is 17.7 Å². The molecule has 0 aliphatic rings. The Kier molecular flexibility index (Phi) is 3.64. The number of pyridine rings is 1. The van der Waals surface area contributed by atoms with E-state index in [-0.39, 0.29) is 12.5 Å². The number of fused-ring (bicyclic) bond motifs is 1. The number of carbonyl (C=O) groups is 1. The van der Waals surface area contributed by atoms with E-state index in [2.05, 4.69) is 15.1 Å². The van der Waals surface area contributed by atoms with Crippen LogP contribution >= 0.6 is 0 Å². The second-order valence-electron chi connectivity index (χ2n) is 3.50. The first-order chi connectivity index (χ1) is 8.33. The van der Waals surface area contributed by atoms with Gasteiger partial charge in [0.1, 0.15) is 0 Å². The van der Waals surface area contributed by atoms with Crippen LogP contribution in [0.3, 0.4) is 0 Å². The fourth-order valence-electron chi connectivity index (χ4n) is 1.61. The van der Waals surface area contributed by atoms with Crippen LogP contribution in [0.2, 0.25) is 0 Å². The number of nitrogens with zero attached hydrogens (tertiary/aromatic N) is 1. The number of hydrogen-bond acceptors (Lipinski definition) is 4. The monoisotopic (exact) mass is 231 g/mol. The van der Waals surface area contributed by atoms with E-state index in [1.165, 1.54) is 0 Å². The highest BCUT2D eigenvalue weighted by atomic mass is 16.6. The van der Waals surface area contributed by atoms with Gasteiger partial charge in [-0.25, -0.2) is 5.90 Å². The molecule has 0 aliphatic carbocycles. The molecule has 0 radical (unpaired) electrons. The molecule has 0 bridgehead atoms. The number of nitrogens with one attached hydrogen (secondary N) is 1. The molecular formula is C12H13N3O2. The summed E-state index contributed by atoms with van der Waals surface area (Å²) < 4.78 is 0. The van der Waals surface area contributed by atoms with Gasteiger partial charge in [0.15, 0.2) is 0 Å². The molecule has 2 rings (SSSR count). The van der Waals surface area contributed by atoms with Gasteiger partial charge in [-0.2, -0.15) is 0 Å². The standard InChI is InChI=1S/C12H13N3O2/c13-17-8-7-15-12(16)10-5-6-14-11-4-2-1-3-9(10)11/h1-6H,7-8,13H2,(H,15,16). The van der Waals surface area contributed by atoms with Crippen molar-refractivity contribution in [2.75, 3.05) is 13.2 Å². The van der Waals surface area contributed by atoms with Crippen molar-refractivity contribution in [2.45, 2.75) is 0 Å². The predicted octanol–water partition coefficient (Wildman–Crippen LogP) is 0.855. The Morgan fingerprint density at radius 1 is 1.35 bits per heavy atom. The van der Waals surface area contributed by atoms with Crippen LogP contribution in [-0.4, -0.2) is 24.0 Å². The van der Waals surface area contributed by atoms with Gasteiger partial charge in [-0.1, -0.05) is 18.2 Å². The number of para-hydroxylation sites is 1. The second kappa shape index (κ2) is 5.38. The van der Waals surface area contributed by atoms with Crippen molar-refractivity contribution in [1.82, 2.24) is 10.3 Å². The summed E-state index contributed by atoms with van der Waals surface area (Å²) in [5.74, 6) is 4.73. The zero-order chi connectivity index (χ0) is 12.1. The molecule has 88 valence electrons. The van der Waals surface area contributed by atoms with E-state index >= 15 is 0 Å². The smallest absolute Gasteiger partial charge is 0.252 e. The molecule has 1 aromatic heterocycles. The van der Waals surface area contributed by atoms with E-state index in [1.807, 2.05) is 24.3 Å². The lowest BCUT2D eigenvalue weighted by Gasteiger charge is -2.06. The molecule has 0 fully saturated rings. The molecule has 5 nitrogen and oxygen atoms in total. The average molecular weight is 231 g/mol. The van der Waals surface area contributed by atoms with Gasteiger partial charge in [-0.15, -0.1) is 0 Å². The fraction of sp³-hybridized carbons (Fsp3) is 0.167. The van der Waals surface area contributed by atoms with Crippen molar-refractivity contribution in [2.24, 2.45) is 5.90 Å². The highest BCUT2D eigenvalue weighted by Crippen LogP contribution is 2.15. The largest absolute Gasteiger partial charge is 0.350 e. The van der Waals surface area contributed by atoms with Crippen molar-refractivity contribution < 1.29 is 9.63 Å². The Labute approximate surface area is 98.5 Å². The average Bonchev–Trinajstić information content (AvgIpc) is 2.38. The highest BCUT2D eigenvalue weighted by molar-refractivity contribution is 6.05. The third kappa shape index (κ3) is 2.58. The topological polar surface area (TPSA) is 77.2 Å². The van der Waals surface area contributed by atoms with Crippen LogP contribution in [0.15, 0.2) is 36.5 Å². The van der Waals surface area contributed by atoms with Crippen LogP contribution in [0.1, 0.15) is 10.4 Å². The normalized spacial score (nSPS) is 10.4. The zero-order valence-electron chi connectivity index (χ0n) is 9.22. The summed E-state index contributed by atoms with van der Waals surface area (Å²) in [7, 11) is 0. The lowest BCUT2D eigenvalue weighted by atomic mass is 10.1. The van der Waals surface area contributed by atoms with Crippen molar-refractivity contribution in [3.63, 3.8) is 0 Å². The Morgan fingerprint density at radius 3 is 3.00 bits per heavy atom. The Bertz CT molecular complexity index is 523. The van der Waals surface area contributed by atoms with Crippen LogP contribution in [0.25, 0.3) is 10.9 Å². The molecule has 0 unspecified atom stereocenters. The Balaban J connectivity index is 2.26. The summed E-state index contributed by atoms with van der Waals surface area (Å²) >= 11 is 0. The molecule has 17 heavy (non-hydrogen) atoms. The summed E-state index contributed by atoms with van der Waals surface area (Å²) in [5, 5.41) is 3.55. The summed E-state index contributed by atoms with van der Waals surface area (Å²) in [5.41, 5.74) is 1.41. The van der Waals surface area contributed by atoms with E-state index in [4.69, 9.17) is 5.90 Å². The molecule has 2 aromatic rings. The minimum absolute atomic E-state index is 0.152. The van der Waals surface area contributed by atoms with Crippen molar-refractivity contribution in [3.05, 3.63) is 42.1 Å². The number of carbonyl (C=O) groups excluding carboxylic acids is 1. The Morgan fingerprint density at radius 2 is 2.18 bits per heavy atom. The van der Waals surface area contributed by atoms with Gasteiger partial charge in [-0.05, 0) is 12.1 Å². The maximum Gasteiger partial charge on any atom is 0.252 e. The van der Waals surface area contributed by atoms with E-state index < -0.39 is 0 Å². The third-order valence-electron chi connectivity index (χ3n) is 2.40. The van der Waals surface area contributed by atoms with E-state index in [9.17, 15) is 4.79 Å². The van der Waals surface area contributed by atoms with Gasteiger partial charge < -0.3 is 10.2 Å². The Hall–Kier alpha value is -1.98. The molecule has 1 amide bonds. The number of hydrogen-bond donors (Lipinski definition) is 2. The van der Waals surface area contributed by atoms with Crippen molar-refractivity contribution >= 4 is 16.8 Å². The third-order valence-corrected chi connectivity index (χ3v) is 2.40. The minimum atomic E-state index is -0.152. The summed E-state index contributed by atoms with van der Waals surface area (Å²) in [6.07, 6.45) is 1.62. The zero-order valence-corrected chi connectivity index (χ0v) is 9.22. The fourth-order valence-corrected chi connectivity index (χ4v) is 1.61. The molecular weight excluding hydrogens is 218 g/mol. The van der Waals surface area contributed by atoms with Crippen LogP contribution in [-0.2, 0) is 4.84 Å². The summed E-state index contributed by atoms with van der Waals surface area (Å²) in [6.45, 7) is 0.667. The molecule has 0 atom stereocenters. The minimum Gasteiger partial charge on any atom is -0.350 e. The lowest BCUT2D eigenvalue weighted by molar-refractivity contribution is 0.0918. The molecule has 0 aliphatic heterocycles. The van der Waals surface area contributed by atoms with Gasteiger partial charge in [0.25, 0.3) is 5.91 Å². The van der Waals surface area contributed by atoms with E-state index in [0.29, 0.717) is 12.1 Å². The van der Waals surface area contributed by atoms with Crippen LogP contribution < -0.4 is 11.2 Å². The first kappa shape index (κ1) is 11.5. The number of benzene rings is 1. The van der Waals surface area contributed by atoms with Gasteiger partial charge in [-0.3, -0.25) is 9.78 Å².